The minimum Gasteiger partial charge on any atom is -0.486 e. The van der Waals surface area contributed by atoms with Crippen LogP contribution in [-0.4, -0.2) is 42.8 Å². The summed E-state index contributed by atoms with van der Waals surface area (Å²) in [7, 11) is 1.28. The Morgan fingerprint density at radius 1 is 1.06 bits per heavy atom. The van der Waals surface area contributed by atoms with E-state index in [-0.39, 0.29) is 10.7 Å². The second-order valence-electron chi connectivity index (χ2n) is 7.95. The molecule has 0 radical (unpaired) electrons. The second kappa shape index (κ2) is 9.65. The van der Waals surface area contributed by atoms with E-state index in [1.807, 2.05) is 18.2 Å². The minimum atomic E-state index is -4.49. The molecule has 186 valence electrons. The lowest BCUT2D eigenvalue weighted by Crippen LogP contribution is -2.15. The van der Waals surface area contributed by atoms with Crippen molar-refractivity contribution in [2.75, 3.05) is 32.2 Å². The lowest BCUT2D eigenvalue weighted by atomic mass is 10.1. The zero-order valence-electron chi connectivity index (χ0n) is 19.0. The number of nitrogens with zero attached hydrogens (tertiary/aromatic N) is 2. The lowest BCUT2D eigenvalue weighted by Gasteiger charge is -2.19. The predicted molar refractivity (Wildman–Crippen MR) is 129 cm³/mol. The van der Waals surface area contributed by atoms with Gasteiger partial charge in [-0.05, 0) is 42.3 Å². The minimum absolute atomic E-state index is 0.214. The monoisotopic (exact) mass is 515 g/mol. The molecule has 0 amide bonds. The molecular weight excluding hydrogens is 495 g/mol. The van der Waals surface area contributed by atoms with Crippen LogP contribution in [0, 0.1) is 0 Å². The zero-order chi connectivity index (χ0) is 25.3. The highest BCUT2D eigenvalue weighted by Gasteiger charge is 2.33. The molecule has 1 N–H and O–H groups in total. The first-order valence-corrected chi connectivity index (χ1v) is 11.8. The summed E-state index contributed by atoms with van der Waals surface area (Å²) in [6.07, 6.45) is -3.91. The quantitative estimate of drug-likeness (QED) is 0.335. The second-order valence-corrected chi connectivity index (χ2v) is 8.98. The van der Waals surface area contributed by atoms with Crippen LogP contribution < -0.4 is 14.8 Å². The van der Waals surface area contributed by atoms with Crippen LogP contribution in [0.25, 0.3) is 21.6 Å². The van der Waals surface area contributed by atoms with Gasteiger partial charge < -0.3 is 19.5 Å². The summed E-state index contributed by atoms with van der Waals surface area (Å²) in [5.74, 6) is 1.42. The maximum Gasteiger partial charge on any atom is 0.425 e. The summed E-state index contributed by atoms with van der Waals surface area (Å²) >= 11 is 0.564. The van der Waals surface area contributed by atoms with E-state index in [9.17, 15) is 18.0 Å². The van der Waals surface area contributed by atoms with Crippen molar-refractivity contribution in [1.29, 1.82) is 0 Å². The van der Waals surface area contributed by atoms with Gasteiger partial charge in [0, 0.05) is 12.1 Å². The number of nitrogens with one attached hydrogen (secondary N) is 1. The number of hydrogen-bond donors (Lipinski definition) is 1. The molecule has 7 nitrogen and oxygen atoms in total. The number of ether oxygens (including phenoxy) is 3. The number of thiophene rings is 1. The molecular formula is C25H20F3N3O4S. The normalized spacial score (nSPS) is 13.0. The molecule has 1 aliphatic rings. The average Bonchev–Trinajstić information content (AvgIpc) is 3.33. The maximum absolute atomic E-state index is 13.4. The molecule has 1 aliphatic heterocycles. The van der Waals surface area contributed by atoms with Crippen LogP contribution in [0.5, 0.6) is 11.5 Å². The maximum atomic E-state index is 13.4. The van der Waals surface area contributed by atoms with E-state index < -0.39 is 17.0 Å². The van der Waals surface area contributed by atoms with Crippen molar-refractivity contribution < 1.29 is 32.2 Å². The van der Waals surface area contributed by atoms with Crippen molar-refractivity contribution in [1.82, 2.24) is 9.97 Å². The summed E-state index contributed by atoms with van der Waals surface area (Å²) in [6.45, 7) is 1.41. The Bertz CT molecular complexity index is 1420. The van der Waals surface area contributed by atoms with Crippen molar-refractivity contribution in [2.45, 2.75) is 12.6 Å². The number of esters is 1. The first kappa shape index (κ1) is 23.9. The number of halogens is 3. The number of aromatic nitrogens is 2. The number of fused-ring (bicyclic) bond motifs is 2. The molecule has 0 atom stereocenters. The average molecular weight is 516 g/mol. The molecule has 0 aliphatic carbocycles. The number of alkyl halides is 3. The van der Waals surface area contributed by atoms with Gasteiger partial charge in [-0.25, -0.2) is 14.8 Å². The molecule has 0 spiro atoms. The number of rotatable bonds is 6. The predicted octanol–water partition coefficient (Wildman–Crippen LogP) is 5.59. The van der Waals surface area contributed by atoms with Crippen molar-refractivity contribution in [3.8, 4) is 22.9 Å². The van der Waals surface area contributed by atoms with Gasteiger partial charge in [-0.3, -0.25) is 0 Å². The van der Waals surface area contributed by atoms with Crippen molar-refractivity contribution in [2.24, 2.45) is 0 Å². The Morgan fingerprint density at radius 2 is 1.81 bits per heavy atom. The van der Waals surface area contributed by atoms with Gasteiger partial charge in [0.15, 0.2) is 17.3 Å². The molecule has 4 aromatic rings. The van der Waals surface area contributed by atoms with E-state index in [4.69, 9.17) is 14.2 Å². The first-order valence-electron chi connectivity index (χ1n) is 11.0. The molecule has 0 saturated carbocycles. The van der Waals surface area contributed by atoms with E-state index in [0.717, 1.165) is 11.6 Å². The summed E-state index contributed by atoms with van der Waals surface area (Å²) in [5, 5.41) is 3.47. The third kappa shape index (κ3) is 4.92. The van der Waals surface area contributed by atoms with Crippen LogP contribution in [0.3, 0.4) is 0 Å². The molecule has 0 saturated heterocycles. The van der Waals surface area contributed by atoms with Crippen molar-refractivity contribution in [3.63, 3.8) is 0 Å². The Hall–Kier alpha value is -3.86. The summed E-state index contributed by atoms with van der Waals surface area (Å²) in [6, 6.07) is 13.1. The topological polar surface area (TPSA) is 82.6 Å². The van der Waals surface area contributed by atoms with Gasteiger partial charge in [0.1, 0.15) is 28.7 Å². The Morgan fingerprint density at radius 3 is 2.53 bits per heavy atom. The summed E-state index contributed by atoms with van der Waals surface area (Å²) < 4.78 is 56.1. The highest BCUT2D eigenvalue weighted by molar-refractivity contribution is 7.18. The van der Waals surface area contributed by atoms with Crippen LogP contribution in [0.2, 0.25) is 0 Å². The summed E-state index contributed by atoms with van der Waals surface area (Å²) in [5.41, 5.74) is 1.88. The number of hydrogen-bond acceptors (Lipinski definition) is 8. The number of anilines is 1. The Balaban J connectivity index is 1.43. The summed E-state index contributed by atoms with van der Waals surface area (Å²) in [4.78, 5) is 20.1. The fourth-order valence-electron chi connectivity index (χ4n) is 3.77. The Labute approximate surface area is 207 Å². The van der Waals surface area contributed by atoms with E-state index >= 15 is 0 Å². The molecule has 36 heavy (non-hydrogen) atoms. The highest BCUT2D eigenvalue weighted by Crippen LogP contribution is 2.40. The first-order chi connectivity index (χ1) is 17.3. The van der Waals surface area contributed by atoms with Gasteiger partial charge in [0.2, 0.25) is 0 Å². The number of methoxy groups -OCH3 is 1. The highest BCUT2D eigenvalue weighted by atomic mass is 32.1. The fourth-order valence-corrected chi connectivity index (χ4v) is 4.67. The molecule has 2 aromatic carbocycles. The third-order valence-electron chi connectivity index (χ3n) is 5.55. The lowest BCUT2D eigenvalue weighted by molar-refractivity contribution is -0.134. The van der Waals surface area contributed by atoms with Crippen LogP contribution in [0.15, 0.2) is 48.5 Å². The molecule has 0 unspecified atom stereocenters. The van der Waals surface area contributed by atoms with Gasteiger partial charge >= 0.3 is 12.1 Å². The van der Waals surface area contributed by atoms with Gasteiger partial charge in [-0.2, -0.15) is 13.2 Å². The van der Waals surface area contributed by atoms with Gasteiger partial charge in [0.25, 0.3) is 0 Å². The van der Waals surface area contributed by atoms with Crippen molar-refractivity contribution in [3.05, 3.63) is 64.5 Å². The molecule has 0 fully saturated rings. The largest absolute Gasteiger partial charge is 0.486 e. The van der Waals surface area contributed by atoms with Crippen LogP contribution in [0.1, 0.15) is 20.8 Å². The SMILES string of the molecule is COC(=O)c1ccc(-c2nc(NCCc3ccc4c(c3)OCCO4)c3cc(C(F)(F)F)sc3n2)cc1. The third-order valence-corrected chi connectivity index (χ3v) is 6.62. The van der Waals surface area contributed by atoms with E-state index in [0.29, 0.717) is 71.3 Å². The molecule has 2 aromatic heterocycles. The molecule has 0 bridgehead atoms. The van der Waals surface area contributed by atoms with Gasteiger partial charge in [0.05, 0.1) is 18.1 Å². The zero-order valence-corrected chi connectivity index (χ0v) is 19.8. The van der Waals surface area contributed by atoms with Crippen LogP contribution >= 0.6 is 11.3 Å². The fraction of sp³-hybridized carbons (Fsp3) is 0.240. The van der Waals surface area contributed by atoms with Crippen LogP contribution in [0.4, 0.5) is 19.0 Å². The van der Waals surface area contributed by atoms with Crippen molar-refractivity contribution >= 4 is 33.3 Å². The van der Waals surface area contributed by atoms with E-state index in [2.05, 4.69) is 15.3 Å². The number of carbonyl (C=O) groups excluding carboxylic acids is 1. The Kier molecular flexibility index (Phi) is 6.40. The molecule has 5 rings (SSSR count). The van der Waals surface area contributed by atoms with E-state index in [1.54, 1.807) is 24.3 Å². The van der Waals surface area contributed by atoms with Gasteiger partial charge in [-0.1, -0.05) is 18.2 Å². The molecule has 11 heteroatoms. The smallest absolute Gasteiger partial charge is 0.425 e. The van der Waals surface area contributed by atoms with Crippen LogP contribution in [-0.2, 0) is 17.3 Å². The van der Waals surface area contributed by atoms with Gasteiger partial charge in [-0.15, -0.1) is 11.3 Å². The van der Waals surface area contributed by atoms with E-state index in [1.165, 1.54) is 7.11 Å². The number of carbonyl (C=O) groups is 1. The standard InChI is InChI=1S/C25H20F3N3O4S/c1-33-24(32)16-5-3-15(4-6-16)21-30-22(17-13-20(25(26,27)28)36-23(17)31-21)29-9-8-14-2-7-18-19(12-14)35-11-10-34-18/h2-7,12-13H,8-11H2,1H3,(H,29,30,31). The molecule has 3 heterocycles. The number of benzene rings is 2.